The first-order chi connectivity index (χ1) is 10.8. The average molecular weight is 324 g/mol. The molecule has 0 fully saturated rings. The highest BCUT2D eigenvalue weighted by Crippen LogP contribution is 2.15. The van der Waals surface area contributed by atoms with E-state index < -0.39 is 29.4 Å². The highest BCUT2D eigenvalue weighted by atomic mass is 19.2. The van der Waals surface area contributed by atoms with Gasteiger partial charge in [-0.15, -0.1) is 5.10 Å². The molecule has 0 bridgehead atoms. The number of carbonyl (C=O) groups is 2. The Morgan fingerprint density at radius 1 is 1.35 bits per heavy atom. The monoisotopic (exact) mass is 324 g/mol. The van der Waals surface area contributed by atoms with Gasteiger partial charge in [-0.1, -0.05) is 12.1 Å². The number of hydrogen-bond donors (Lipinski definition) is 2. The molecule has 9 heteroatoms. The lowest BCUT2D eigenvalue weighted by Crippen LogP contribution is -2.32. The van der Waals surface area contributed by atoms with Crippen molar-refractivity contribution in [3.05, 3.63) is 41.2 Å². The molecule has 0 saturated heterocycles. The summed E-state index contributed by atoms with van der Waals surface area (Å²) in [5.41, 5.74) is 0.510. The van der Waals surface area contributed by atoms with Gasteiger partial charge < -0.3 is 10.4 Å². The fraction of sp³-hybridized carbons (Fsp3) is 0.286. The van der Waals surface area contributed by atoms with Crippen LogP contribution in [-0.4, -0.2) is 38.5 Å². The van der Waals surface area contributed by atoms with E-state index in [9.17, 15) is 18.4 Å². The van der Waals surface area contributed by atoms with E-state index in [1.54, 1.807) is 0 Å². The second-order valence-electron chi connectivity index (χ2n) is 4.98. The number of carboxylic acid groups (broad SMARTS) is 1. The molecule has 0 radical (unpaired) electrons. The van der Waals surface area contributed by atoms with Crippen LogP contribution in [0.25, 0.3) is 5.69 Å². The van der Waals surface area contributed by atoms with Crippen molar-refractivity contribution in [2.45, 2.75) is 13.8 Å². The van der Waals surface area contributed by atoms with E-state index in [0.29, 0.717) is 5.69 Å². The van der Waals surface area contributed by atoms with Crippen LogP contribution in [-0.2, 0) is 4.79 Å². The number of halogens is 2. The molecule has 23 heavy (non-hydrogen) atoms. The number of amides is 1. The average Bonchev–Trinajstić information content (AvgIpc) is 2.89. The van der Waals surface area contributed by atoms with Crippen LogP contribution >= 0.6 is 0 Å². The minimum absolute atomic E-state index is 0.0210. The second kappa shape index (κ2) is 6.51. The first-order valence-electron chi connectivity index (χ1n) is 6.70. The van der Waals surface area contributed by atoms with E-state index in [1.807, 2.05) is 0 Å². The lowest BCUT2D eigenvalue weighted by atomic mass is 10.2. The largest absolute Gasteiger partial charge is 0.481 e. The van der Waals surface area contributed by atoms with E-state index in [2.05, 4.69) is 15.6 Å². The van der Waals surface area contributed by atoms with Crippen LogP contribution in [0.1, 0.15) is 23.1 Å². The van der Waals surface area contributed by atoms with Gasteiger partial charge in [0.05, 0.1) is 17.3 Å². The Kier molecular flexibility index (Phi) is 4.68. The van der Waals surface area contributed by atoms with E-state index in [1.165, 1.54) is 24.6 Å². The predicted molar refractivity (Wildman–Crippen MR) is 75.1 cm³/mol. The minimum Gasteiger partial charge on any atom is -0.481 e. The smallest absolute Gasteiger partial charge is 0.308 e. The minimum atomic E-state index is -1.04. The van der Waals surface area contributed by atoms with Gasteiger partial charge in [0, 0.05) is 12.6 Å². The maximum absolute atomic E-state index is 13.3. The van der Waals surface area contributed by atoms with Crippen molar-refractivity contribution < 1.29 is 23.5 Å². The molecule has 1 heterocycles. The molecule has 1 amide bonds. The predicted octanol–water partition coefficient (Wildman–Crippen LogP) is 1.30. The van der Waals surface area contributed by atoms with Crippen molar-refractivity contribution in [2.75, 3.05) is 6.54 Å². The molecule has 0 spiro atoms. The highest BCUT2D eigenvalue weighted by Gasteiger charge is 2.19. The van der Waals surface area contributed by atoms with Crippen molar-refractivity contribution in [2.24, 2.45) is 5.92 Å². The number of hydrogen-bond acceptors (Lipinski definition) is 4. The van der Waals surface area contributed by atoms with Gasteiger partial charge in [-0.3, -0.25) is 9.59 Å². The third kappa shape index (κ3) is 3.50. The zero-order chi connectivity index (χ0) is 17.1. The van der Waals surface area contributed by atoms with Crippen LogP contribution in [0.3, 0.4) is 0 Å². The summed E-state index contributed by atoms with van der Waals surface area (Å²) >= 11 is 0. The maximum atomic E-state index is 13.3. The summed E-state index contributed by atoms with van der Waals surface area (Å²) in [7, 11) is 0. The zero-order valence-electron chi connectivity index (χ0n) is 12.4. The Morgan fingerprint density at radius 3 is 2.65 bits per heavy atom. The number of nitrogens with one attached hydrogen (secondary N) is 1. The number of carboxylic acids is 1. The number of benzene rings is 1. The number of aromatic nitrogens is 3. The zero-order valence-corrected chi connectivity index (χ0v) is 12.4. The molecule has 0 aliphatic carbocycles. The van der Waals surface area contributed by atoms with Gasteiger partial charge in [0.25, 0.3) is 5.91 Å². The van der Waals surface area contributed by atoms with Gasteiger partial charge in [0.2, 0.25) is 0 Å². The molecule has 2 rings (SSSR count). The molecule has 1 atom stereocenters. The van der Waals surface area contributed by atoms with Crippen LogP contribution in [0.4, 0.5) is 8.78 Å². The molecule has 2 N–H and O–H groups in total. The number of nitrogens with zero attached hydrogens (tertiary/aromatic N) is 3. The molecule has 1 aromatic heterocycles. The lowest BCUT2D eigenvalue weighted by Gasteiger charge is -2.07. The standard InChI is InChI=1S/C14H14F2N4O3/c1-7(14(22)23)6-17-13(21)12-8(2)20(19-18-12)9-3-4-10(15)11(16)5-9/h3-5,7H,6H2,1-2H3,(H,17,21)(H,22,23). The molecule has 7 nitrogen and oxygen atoms in total. The second-order valence-corrected chi connectivity index (χ2v) is 4.98. The molecule has 1 unspecified atom stereocenters. The molecule has 1 aromatic carbocycles. The SMILES string of the molecule is Cc1c(C(=O)NCC(C)C(=O)O)nnn1-c1ccc(F)c(F)c1. The summed E-state index contributed by atoms with van der Waals surface area (Å²) in [5.74, 6) is -4.41. The van der Waals surface area contributed by atoms with Gasteiger partial charge in [-0.05, 0) is 19.1 Å². The van der Waals surface area contributed by atoms with Crippen molar-refractivity contribution in [3.8, 4) is 5.69 Å². The van der Waals surface area contributed by atoms with Gasteiger partial charge in [-0.2, -0.15) is 0 Å². The van der Waals surface area contributed by atoms with Gasteiger partial charge in [-0.25, -0.2) is 13.5 Å². The summed E-state index contributed by atoms with van der Waals surface area (Å²) in [6, 6.07) is 3.18. The first-order valence-corrected chi connectivity index (χ1v) is 6.70. The van der Waals surface area contributed by atoms with Crippen molar-refractivity contribution in [1.29, 1.82) is 0 Å². The molecule has 122 valence electrons. The molecule has 2 aromatic rings. The topological polar surface area (TPSA) is 97.1 Å². The maximum Gasteiger partial charge on any atom is 0.308 e. The van der Waals surface area contributed by atoms with Gasteiger partial charge in [0.1, 0.15) is 0 Å². The van der Waals surface area contributed by atoms with Crippen LogP contribution in [0, 0.1) is 24.5 Å². The number of rotatable bonds is 5. The third-order valence-electron chi connectivity index (χ3n) is 3.25. The van der Waals surface area contributed by atoms with Crippen molar-refractivity contribution in [1.82, 2.24) is 20.3 Å². The third-order valence-corrected chi connectivity index (χ3v) is 3.25. The van der Waals surface area contributed by atoms with E-state index in [-0.39, 0.29) is 17.9 Å². The van der Waals surface area contributed by atoms with Crippen LogP contribution < -0.4 is 5.32 Å². The fourth-order valence-corrected chi connectivity index (χ4v) is 1.82. The van der Waals surface area contributed by atoms with Crippen molar-refractivity contribution in [3.63, 3.8) is 0 Å². The highest BCUT2D eigenvalue weighted by molar-refractivity contribution is 5.93. The quantitative estimate of drug-likeness (QED) is 0.864. The molecule has 0 saturated carbocycles. The summed E-state index contributed by atoms with van der Waals surface area (Å²) in [6.45, 7) is 2.93. The van der Waals surface area contributed by atoms with Crippen molar-refractivity contribution >= 4 is 11.9 Å². The van der Waals surface area contributed by atoms with E-state index in [4.69, 9.17) is 5.11 Å². The van der Waals surface area contributed by atoms with E-state index in [0.717, 1.165) is 12.1 Å². The molecule has 0 aliphatic heterocycles. The Labute approximate surface area is 129 Å². The summed E-state index contributed by atoms with van der Waals surface area (Å²) in [6.07, 6.45) is 0. The van der Waals surface area contributed by atoms with Crippen LogP contribution in [0.15, 0.2) is 18.2 Å². The Balaban J connectivity index is 2.20. The summed E-state index contributed by atoms with van der Waals surface area (Å²) < 4.78 is 27.4. The Bertz CT molecular complexity index is 760. The van der Waals surface area contributed by atoms with E-state index >= 15 is 0 Å². The fourth-order valence-electron chi connectivity index (χ4n) is 1.82. The number of carbonyl (C=O) groups excluding carboxylic acids is 1. The summed E-state index contributed by atoms with van der Waals surface area (Å²) in [4.78, 5) is 22.7. The molecular weight excluding hydrogens is 310 g/mol. The van der Waals surface area contributed by atoms with Crippen LogP contribution in [0.2, 0.25) is 0 Å². The Morgan fingerprint density at radius 2 is 2.04 bits per heavy atom. The van der Waals surface area contributed by atoms with Gasteiger partial charge in [0.15, 0.2) is 17.3 Å². The molecule has 0 aliphatic rings. The molecular formula is C14H14F2N4O3. The number of aliphatic carboxylic acids is 1. The normalized spacial score (nSPS) is 12.0. The summed E-state index contributed by atoms with van der Waals surface area (Å²) in [5, 5.41) is 18.7. The van der Waals surface area contributed by atoms with Gasteiger partial charge >= 0.3 is 5.97 Å². The lowest BCUT2D eigenvalue weighted by molar-refractivity contribution is -0.140. The van der Waals surface area contributed by atoms with Crippen LogP contribution in [0.5, 0.6) is 0 Å². The Hall–Kier alpha value is -2.84. The first kappa shape index (κ1) is 16.5.